The predicted molar refractivity (Wildman–Crippen MR) is 77.0 cm³/mol. The fourth-order valence-corrected chi connectivity index (χ4v) is 2.92. The molecule has 0 fully saturated rings. The van der Waals surface area contributed by atoms with Crippen molar-refractivity contribution in [2.45, 2.75) is 6.92 Å². The maximum Gasteiger partial charge on any atom is 0.153 e. The quantitative estimate of drug-likeness (QED) is 0.522. The lowest BCUT2D eigenvalue weighted by atomic mass is 10.1. The Kier molecular flexibility index (Phi) is 1.89. The van der Waals surface area contributed by atoms with Gasteiger partial charge in [-0.2, -0.15) is 0 Å². The van der Waals surface area contributed by atoms with Crippen LogP contribution in [0.4, 0.5) is 0 Å². The van der Waals surface area contributed by atoms with Gasteiger partial charge in [0.15, 0.2) is 5.65 Å². The van der Waals surface area contributed by atoms with Gasteiger partial charge in [-0.05, 0) is 40.5 Å². The van der Waals surface area contributed by atoms with Crippen molar-refractivity contribution in [2.24, 2.45) is 0 Å². The fourth-order valence-electron chi connectivity index (χ4n) is 2.49. The molecule has 18 heavy (non-hydrogen) atoms. The van der Waals surface area contributed by atoms with E-state index in [2.05, 4.69) is 50.4 Å². The van der Waals surface area contributed by atoms with Crippen molar-refractivity contribution >= 4 is 43.6 Å². The highest BCUT2D eigenvalue weighted by atomic mass is 79.9. The molecule has 4 aromatic rings. The van der Waals surface area contributed by atoms with E-state index in [-0.39, 0.29) is 0 Å². The molecule has 3 nitrogen and oxygen atoms in total. The molecular formula is C14H10BrN3. The van der Waals surface area contributed by atoms with E-state index in [1.165, 1.54) is 16.5 Å². The van der Waals surface area contributed by atoms with Crippen molar-refractivity contribution in [3.05, 3.63) is 46.6 Å². The zero-order valence-corrected chi connectivity index (χ0v) is 11.3. The lowest BCUT2D eigenvalue weighted by Gasteiger charge is -1.97. The Balaban J connectivity index is 2.32. The standard InChI is InChI=1S/C14H10BrN3/c1-8-4-2-5-9-11(8)16-14-12(9)17-13-10(15)6-3-7-18(13)14/h2-7,16H,1H3. The fraction of sp³-hybridized carbons (Fsp3) is 0.0714. The largest absolute Gasteiger partial charge is 0.339 e. The molecule has 0 unspecified atom stereocenters. The Hall–Kier alpha value is -1.81. The van der Waals surface area contributed by atoms with Crippen molar-refractivity contribution in [2.75, 3.05) is 0 Å². The molecule has 4 rings (SSSR count). The molecule has 4 heteroatoms. The molecule has 3 heterocycles. The Morgan fingerprint density at radius 2 is 2.11 bits per heavy atom. The molecule has 1 N–H and O–H groups in total. The predicted octanol–water partition coefficient (Wildman–Crippen LogP) is 4.04. The molecule has 0 atom stereocenters. The summed E-state index contributed by atoms with van der Waals surface area (Å²) < 4.78 is 3.09. The molecule has 0 bridgehead atoms. The van der Waals surface area contributed by atoms with Gasteiger partial charge in [-0.1, -0.05) is 18.2 Å². The molecule has 0 spiro atoms. The van der Waals surface area contributed by atoms with E-state index in [1.54, 1.807) is 0 Å². The molecular weight excluding hydrogens is 290 g/mol. The topological polar surface area (TPSA) is 33.1 Å². The maximum atomic E-state index is 4.73. The van der Waals surface area contributed by atoms with Crippen LogP contribution in [0.5, 0.6) is 0 Å². The smallest absolute Gasteiger partial charge is 0.153 e. The van der Waals surface area contributed by atoms with Crippen molar-refractivity contribution in [1.82, 2.24) is 14.4 Å². The number of imidazole rings is 1. The summed E-state index contributed by atoms with van der Waals surface area (Å²) in [5.74, 6) is 0. The maximum absolute atomic E-state index is 4.73. The monoisotopic (exact) mass is 299 g/mol. The first kappa shape index (κ1) is 10.1. The highest BCUT2D eigenvalue weighted by Gasteiger charge is 2.13. The van der Waals surface area contributed by atoms with Crippen LogP contribution in [0.1, 0.15) is 5.56 Å². The number of aryl methyl sites for hydroxylation is 1. The second-order valence-electron chi connectivity index (χ2n) is 4.48. The molecule has 88 valence electrons. The van der Waals surface area contributed by atoms with Crippen LogP contribution in [0.15, 0.2) is 41.0 Å². The van der Waals surface area contributed by atoms with E-state index in [4.69, 9.17) is 4.98 Å². The Morgan fingerprint density at radius 1 is 1.22 bits per heavy atom. The van der Waals surface area contributed by atoms with Gasteiger partial charge in [0, 0.05) is 11.6 Å². The normalized spacial score (nSPS) is 11.9. The van der Waals surface area contributed by atoms with Gasteiger partial charge < -0.3 is 4.98 Å². The Morgan fingerprint density at radius 3 is 3.00 bits per heavy atom. The van der Waals surface area contributed by atoms with Crippen LogP contribution >= 0.6 is 15.9 Å². The van der Waals surface area contributed by atoms with Crippen LogP contribution in [0.3, 0.4) is 0 Å². The third-order valence-electron chi connectivity index (χ3n) is 3.37. The number of aromatic amines is 1. The minimum absolute atomic E-state index is 0.946. The summed E-state index contributed by atoms with van der Waals surface area (Å²) in [6, 6.07) is 10.3. The van der Waals surface area contributed by atoms with Gasteiger partial charge in [0.2, 0.25) is 0 Å². The second-order valence-corrected chi connectivity index (χ2v) is 5.34. The minimum atomic E-state index is 0.946. The SMILES string of the molecule is Cc1cccc2c1[nH]c1c2nc2c(Br)cccn21. The third-order valence-corrected chi connectivity index (χ3v) is 3.99. The summed E-state index contributed by atoms with van der Waals surface area (Å²) in [6.45, 7) is 2.11. The summed E-state index contributed by atoms with van der Waals surface area (Å²) in [4.78, 5) is 8.20. The van der Waals surface area contributed by atoms with Gasteiger partial charge in [-0.15, -0.1) is 0 Å². The van der Waals surface area contributed by atoms with Crippen LogP contribution in [0.2, 0.25) is 0 Å². The Bertz CT molecular complexity index is 826. The molecule has 0 amide bonds. The van der Waals surface area contributed by atoms with Crippen LogP contribution in [0, 0.1) is 6.92 Å². The zero-order valence-electron chi connectivity index (χ0n) is 9.74. The number of para-hydroxylation sites is 1. The lowest BCUT2D eigenvalue weighted by Crippen LogP contribution is -1.85. The van der Waals surface area contributed by atoms with Crippen LogP contribution in [-0.2, 0) is 0 Å². The Labute approximate surface area is 112 Å². The first-order chi connectivity index (χ1) is 8.75. The van der Waals surface area contributed by atoms with Crippen LogP contribution < -0.4 is 0 Å². The second kappa shape index (κ2) is 3.36. The number of H-pyrrole nitrogens is 1. The van der Waals surface area contributed by atoms with Gasteiger partial charge in [0.25, 0.3) is 0 Å². The zero-order chi connectivity index (χ0) is 12.3. The lowest BCUT2D eigenvalue weighted by molar-refractivity contribution is 1.19. The van der Waals surface area contributed by atoms with Gasteiger partial charge in [-0.3, -0.25) is 4.40 Å². The van der Waals surface area contributed by atoms with E-state index in [0.717, 1.165) is 21.3 Å². The highest BCUT2D eigenvalue weighted by molar-refractivity contribution is 9.10. The highest BCUT2D eigenvalue weighted by Crippen LogP contribution is 2.29. The number of rotatable bonds is 0. The minimum Gasteiger partial charge on any atom is -0.339 e. The average molecular weight is 300 g/mol. The molecule has 0 aliphatic carbocycles. The summed E-state index contributed by atoms with van der Waals surface area (Å²) >= 11 is 3.54. The van der Waals surface area contributed by atoms with Crippen molar-refractivity contribution in [1.29, 1.82) is 0 Å². The van der Waals surface area contributed by atoms with E-state index >= 15 is 0 Å². The number of halogens is 1. The van der Waals surface area contributed by atoms with Gasteiger partial charge in [0.1, 0.15) is 11.2 Å². The first-order valence-electron chi connectivity index (χ1n) is 5.79. The number of nitrogens with zero attached hydrogens (tertiary/aromatic N) is 2. The van der Waals surface area contributed by atoms with Crippen molar-refractivity contribution in [3.63, 3.8) is 0 Å². The molecule has 0 aliphatic heterocycles. The van der Waals surface area contributed by atoms with Gasteiger partial charge in [0.05, 0.1) is 9.99 Å². The van der Waals surface area contributed by atoms with Gasteiger partial charge >= 0.3 is 0 Å². The summed E-state index contributed by atoms with van der Waals surface area (Å²) in [6.07, 6.45) is 2.03. The molecule has 0 radical (unpaired) electrons. The number of nitrogens with one attached hydrogen (secondary N) is 1. The number of hydrogen-bond donors (Lipinski definition) is 1. The van der Waals surface area contributed by atoms with E-state index < -0.39 is 0 Å². The van der Waals surface area contributed by atoms with Crippen LogP contribution in [-0.4, -0.2) is 14.4 Å². The summed E-state index contributed by atoms with van der Waals surface area (Å²) in [5, 5.41) is 1.18. The number of aromatic nitrogens is 3. The van der Waals surface area contributed by atoms with E-state index in [1.807, 2.05) is 18.3 Å². The van der Waals surface area contributed by atoms with E-state index in [0.29, 0.717) is 0 Å². The van der Waals surface area contributed by atoms with E-state index in [9.17, 15) is 0 Å². The number of pyridine rings is 1. The first-order valence-corrected chi connectivity index (χ1v) is 6.58. The molecule has 1 aromatic carbocycles. The average Bonchev–Trinajstić information content (AvgIpc) is 2.88. The summed E-state index contributed by atoms with van der Waals surface area (Å²) in [5.41, 5.74) is 5.44. The van der Waals surface area contributed by atoms with Crippen molar-refractivity contribution in [3.8, 4) is 0 Å². The van der Waals surface area contributed by atoms with Crippen LogP contribution in [0.25, 0.3) is 27.7 Å². The van der Waals surface area contributed by atoms with Crippen molar-refractivity contribution < 1.29 is 0 Å². The number of benzene rings is 1. The van der Waals surface area contributed by atoms with Gasteiger partial charge in [-0.25, -0.2) is 4.98 Å². The molecule has 3 aromatic heterocycles. The number of hydrogen-bond acceptors (Lipinski definition) is 1. The molecule has 0 saturated heterocycles. The molecule has 0 saturated carbocycles. The molecule has 0 aliphatic rings. The number of fused-ring (bicyclic) bond motifs is 5. The summed E-state index contributed by atoms with van der Waals surface area (Å²) in [7, 11) is 0. The third kappa shape index (κ3) is 1.16.